The van der Waals surface area contributed by atoms with E-state index in [-0.39, 0.29) is 23.5 Å². The van der Waals surface area contributed by atoms with E-state index in [1.165, 1.54) is 19.2 Å². The van der Waals surface area contributed by atoms with Gasteiger partial charge in [0.15, 0.2) is 0 Å². The first-order valence-corrected chi connectivity index (χ1v) is 7.47. The minimum Gasteiger partial charge on any atom is -0.463 e. The number of carbonyl (C=O) groups is 1. The molecule has 1 aliphatic heterocycles. The molecule has 1 aliphatic rings. The lowest BCUT2D eigenvalue weighted by Gasteiger charge is -2.15. The van der Waals surface area contributed by atoms with E-state index in [0.717, 1.165) is 18.7 Å². The minimum absolute atomic E-state index is 0.0181. The van der Waals surface area contributed by atoms with Gasteiger partial charge in [0.05, 0.1) is 13.7 Å². The van der Waals surface area contributed by atoms with Crippen LogP contribution in [0.5, 0.6) is 0 Å². The molecule has 2 aromatic rings. The SMILES string of the molecule is COC(=O)c1ccc(CN2C[C@@H](N)[C@@H](c3ccc(F)cc3)C2)o1. The molecule has 0 unspecified atom stereocenters. The average molecular weight is 318 g/mol. The number of carbonyl (C=O) groups excluding carboxylic acids is 1. The minimum atomic E-state index is -0.487. The number of methoxy groups -OCH3 is 1. The number of ether oxygens (including phenoxy) is 1. The molecule has 2 heterocycles. The third-order valence-electron chi connectivity index (χ3n) is 4.17. The first-order valence-electron chi connectivity index (χ1n) is 7.47. The Morgan fingerprint density at radius 3 is 2.74 bits per heavy atom. The summed E-state index contributed by atoms with van der Waals surface area (Å²) >= 11 is 0. The summed E-state index contributed by atoms with van der Waals surface area (Å²) in [5.74, 6) is 0.311. The normalized spacial score (nSPS) is 21.5. The number of benzene rings is 1. The smallest absolute Gasteiger partial charge is 0.373 e. The summed E-state index contributed by atoms with van der Waals surface area (Å²) in [6.07, 6.45) is 0. The molecule has 2 atom stereocenters. The molecule has 0 spiro atoms. The van der Waals surface area contributed by atoms with Crippen molar-refractivity contribution in [1.29, 1.82) is 0 Å². The van der Waals surface area contributed by atoms with Crippen molar-refractivity contribution in [2.24, 2.45) is 5.73 Å². The van der Waals surface area contributed by atoms with Crippen molar-refractivity contribution in [2.75, 3.05) is 20.2 Å². The zero-order valence-corrected chi connectivity index (χ0v) is 12.9. The summed E-state index contributed by atoms with van der Waals surface area (Å²) in [7, 11) is 1.32. The summed E-state index contributed by atoms with van der Waals surface area (Å²) in [6, 6.07) is 9.84. The monoisotopic (exact) mass is 318 g/mol. The molecule has 0 radical (unpaired) electrons. The van der Waals surface area contributed by atoms with Crippen molar-refractivity contribution in [3.05, 3.63) is 59.3 Å². The van der Waals surface area contributed by atoms with E-state index in [1.54, 1.807) is 24.3 Å². The maximum atomic E-state index is 13.0. The molecule has 6 heteroatoms. The van der Waals surface area contributed by atoms with Gasteiger partial charge in [-0.15, -0.1) is 0 Å². The van der Waals surface area contributed by atoms with Crippen molar-refractivity contribution < 1.29 is 18.3 Å². The van der Waals surface area contributed by atoms with Crippen molar-refractivity contribution in [1.82, 2.24) is 4.90 Å². The van der Waals surface area contributed by atoms with E-state index in [1.807, 2.05) is 0 Å². The van der Waals surface area contributed by atoms with Crippen LogP contribution in [0.2, 0.25) is 0 Å². The zero-order valence-electron chi connectivity index (χ0n) is 12.9. The number of likely N-dealkylation sites (tertiary alicyclic amines) is 1. The third kappa shape index (κ3) is 3.43. The van der Waals surface area contributed by atoms with Crippen LogP contribution in [0.15, 0.2) is 40.8 Å². The fourth-order valence-electron chi connectivity index (χ4n) is 3.00. The van der Waals surface area contributed by atoms with Gasteiger partial charge in [-0.05, 0) is 29.8 Å². The van der Waals surface area contributed by atoms with Crippen molar-refractivity contribution in [3.63, 3.8) is 0 Å². The number of halogens is 1. The van der Waals surface area contributed by atoms with E-state index in [2.05, 4.69) is 9.64 Å². The van der Waals surface area contributed by atoms with Crippen molar-refractivity contribution >= 4 is 5.97 Å². The summed E-state index contributed by atoms with van der Waals surface area (Å²) < 4.78 is 23.1. The Kier molecular flexibility index (Phi) is 4.45. The van der Waals surface area contributed by atoms with Gasteiger partial charge in [-0.25, -0.2) is 9.18 Å². The second kappa shape index (κ2) is 6.52. The van der Waals surface area contributed by atoms with Gasteiger partial charge < -0.3 is 14.9 Å². The molecule has 3 rings (SSSR count). The molecule has 2 N–H and O–H groups in total. The number of rotatable bonds is 4. The number of nitrogens with two attached hydrogens (primary N) is 1. The molecule has 5 nitrogen and oxygen atoms in total. The van der Waals surface area contributed by atoms with Crippen LogP contribution in [-0.2, 0) is 11.3 Å². The highest BCUT2D eigenvalue weighted by Crippen LogP contribution is 2.28. The topological polar surface area (TPSA) is 68.7 Å². The summed E-state index contributed by atoms with van der Waals surface area (Å²) in [6.45, 7) is 2.06. The molecule has 1 saturated heterocycles. The van der Waals surface area contributed by atoms with E-state index in [4.69, 9.17) is 10.2 Å². The Bertz CT molecular complexity index is 683. The first kappa shape index (κ1) is 15.7. The summed E-state index contributed by atoms with van der Waals surface area (Å²) in [4.78, 5) is 13.6. The number of furan rings is 1. The molecule has 0 bridgehead atoms. The maximum absolute atomic E-state index is 13.0. The van der Waals surface area contributed by atoms with Gasteiger partial charge >= 0.3 is 5.97 Å². The second-order valence-electron chi connectivity index (χ2n) is 5.77. The maximum Gasteiger partial charge on any atom is 0.373 e. The Balaban J connectivity index is 1.65. The van der Waals surface area contributed by atoms with Gasteiger partial charge in [-0.1, -0.05) is 12.1 Å². The largest absolute Gasteiger partial charge is 0.463 e. The molecule has 0 aliphatic carbocycles. The Labute approximate surface area is 133 Å². The van der Waals surface area contributed by atoms with E-state index >= 15 is 0 Å². The molecular weight excluding hydrogens is 299 g/mol. The van der Waals surface area contributed by atoms with Crippen LogP contribution in [0.1, 0.15) is 27.8 Å². The van der Waals surface area contributed by atoms with Crippen LogP contribution in [0.25, 0.3) is 0 Å². The fraction of sp³-hybridized carbons (Fsp3) is 0.353. The Morgan fingerprint density at radius 2 is 2.04 bits per heavy atom. The predicted octanol–water partition coefficient (Wildman–Crippen LogP) is 2.13. The van der Waals surface area contributed by atoms with E-state index < -0.39 is 5.97 Å². The van der Waals surface area contributed by atoms with E-state index in [9.17, 15) is 9.18 Å². The zero-order chi connectivity index (χ0) is 16.4. The van der Waals surface area contributed by atoms with Crippen LogP contribution in [0, 0.1) is 5.82 Å². The third-order valence-corrected chi connectivity index (χ3v) is 4.17. The van der Waals surface area contributed by atoms with Crippen molar-refractivity contribution in [2.45, 2.75) is 18.5 Å². The molecule has 0 amide bonds. The van der Waals surface area contributed by atoms with Gasteiger partial charge in [0.2, 0.25) is 5.76 Å². The Hall–Kier alpha value is -2.18. The number of esters is 1. The van der Waals surface area contributed by atoms with Crippen LogP contribution in [0.3, 0.4) is 0 Å². The van der Waals surface area contributed by atoms with Gasteiger partial charge in [-0.3, -0.25) is 4.90 Å². The van der Waals surface area contributed by atoms with Crippen LogP contribution in [0.4, 0.5) is 4.39 Å². The summed E-state index contributed by atoms with van der Waals surface area (Å²) in [5.41, 5.74) is 7.27. The van der Waals surface area contributed by atoms with Gasteiger partial charge in [0, 0.05) is 25.0 Å². The fourth-order valence-corrected chi connectivity index (χ4v) is 3.00. The quantitative estimate of drug-likeness (QED) is 0.875. The van der Waals surface area contributed by atoms with Gasteiger partial charge in [-0.2, -0.15) is 0 Å². The second-order valence-corrected chi connectivity index (χ2v) is 5.77. The lowest BCUT2D eigenvalue weighted by Crippen LogP contribution is -2.28. The van der Waals surface area contributed by atoms with Crippen LogP contribution in [-0.4, -0.2) is 37.1 Å². The van der Waals surface area contributed by atoms with E-state index in [0.29, 0.717) is 12.3 Å². The summed E-state index contributed by atoms with van der Waals surface area (Å²) in [5, 5.41) is 0. The van der Waals surface area contributed by atoms with Gasteiger partial charge in [0.1, 0.15) is 11.6 Å². The molecule has 122 valence electrons. The average Bonchev–Trinajstić information content (AvgIpc) is 3.14. The van der Waals surface area contributed by atoms with Crippen molar-refractivity contribution in [3.8, 4) is 0 Å². The molecule has 23 heavy (non-hydrogen) atoms. The highest BCUT2D eigenvalue weighted by Gasteiger charge is 2.31. The van der Waals surface area contributed by atoms with Gasteiger partial charge in [0.25, 0.3) is 0 Å². The predicted molar refractivity (Wildman–Crippen MR) is 82.4 cm³/mol. The lowest BCUT2D eigenvalue weighted by atomic mass is 9.95. The van der Waals surface area contributed by atoms with Crippen LogP contribution < -0.4 is 5.73 Å². The molecule has 1 aromatic carbocycles. The Morgan fingerprint density at radius 1 is 1.30 bits per heavy atom. The first-order chi connectivity index (χ1) is 11.1. The molecular formula is C17H19FN2O3. The number of hydrogen-bond acceptors (Lipinski definition) is 5. The molecule has 0 saturated carbocycles. The van der Waals surface area contributed by atoms with Crippen LogP contribution >= 0.6 is 0 Å². The molecule has 1 fully saturated rings. The highest BCUT2D eigenvalue weighted by molar-refractivity contribution is 5.86. The number of hydrogen-bond donors (Lipinski definition) is 1. The number of nitrogens with zero attached hydrogens (tertiary/aromatic N) is 1. The standard InChI is InChI=1S/C17H19FN2O3/c1-22-17(21)16-7-6-13(23-16)8-20-9-14(15(19)10-20)11-2-4-12(18)5-3-11/h2-7,14-15H,8-10,19H2,1H3/t14-,15-/m1/s1. The highest BCUT2D eigenvalue weighted by atomic mass is 19.1. The lowest BCUT2D eigenvalue weighted by molar-refractivity contribution is 0.0561. The molecule has 1 aromatic heterocycles.